The minimum Gasteiger partial charge on any atom is -0.462 e. The zero-order chi connectivity index (χ0) is 11.2. The van der Waals surface area contributed by atoms with Gasteiger partial charge in [0.15, 0.2) is 0 Å². The lowest BCUT2D eigenvalue weighted by Crippen LogP contribution is -2.39. The predicted molar refractivity (Wildman–Crippen MR) is 45.1 cm³/mol. The maximum Gasteiger partial charge on any atom is 0.396 e. The van der Waals surface area contributed by atoms with Gasteiger partial charge in [0.2, 0.25) is 0 Å². The lowest BCUT2D eigenvalue weighted by molar-refractivity contribution is -0.153. The van der Waals surface area contributed by atoms with Gasteiger partial charge in [-0.3, -0.25) is 4.79 Å². The van der Waals surface area contributed by atoms with Crippen molar-refractivity contribution >= 4 is 11.9 Å². The van der Waals surface area contributed by atoms with E-state index in [0.717, 1.165) is 7.11 Å². The number of amides is 1. The molecule has 1 amide bonds. The second kappa shape index (κ2) is 3.15. The molecule has 2 aliphatic rings. The Bertz CT molecular complexity index is 304. The Morgan fingerprint density at radius 3 is 2.33 bits per heavy atom. The summed E-state index contributed by atoms with van der Waals surface area (Å²) < 4.78 is 29.7. The molecule has 0 aromatic heterocycles. The molecule has 0 aromatic carbocycles. The molecule has 2 atom stereocenters. The minimum absolute atomic E-state index is 0.250. The van der Waals surface area contributed by atoms with Crippen molar-refractivity contribution in [3.8, 4) is 0 Å². The number of rotatable bonds is 1. The molecule has 0 bridgehead atoms. The van der Waals surface area contributed by atoms with Gasteiger partial charge in [-0.15, -0.1) is 0 Å². The van der Waals surface area contributed by atoms with Crippen molar-refractivity contribution in [3.05, 3.63) is 0 Å². The van der Waals surface area contributed by atoms with Crippen LogP contribution in [-0.4, -0.2) is 31.0 Å². The summed E-state index contributed by atoms with van der Waals surface area (Å²) in [6.45, 7) is 0. The van der Waals surface area contributed by atoms with E-state index in [0.29, 0.717) is 0 Å². The SMILES string of the molecule is COC(=O)C(=O)NC1CC2C(C1)C2(F)F. The van der Waals surface area contributed by atoms with Crippen LogP contribution in [0.1, 0.15) is 12.8 Å². The quantitative estimate of drug-likeness (QED) is 0.510. The van der Waals surface area contributed by atoms with Crippen LogP contribution in [0.4, 0.5) is 8.78 Å². The van der Waals surface area contributed by atoms with E-state index in [9.17, 15) is 18.4 Å². The van der Waals surface area contributed by atoms with Crippen LogP contribution in [0.15, 0.2) is 0 Å². The Hall–Kier alpha value is -1.20. The highest BCUT2D eigenvalue weighted by atomic mass is 19.3. The molecule has 2 fully saturated rings. The highest BCUT2D eigenvalue weighted by Gasteiger charge is 2.71. The van der Waals surface area contributed by atoms with Gasteiger partial charge in [-0.05, 0) is 12.8 Å². The Morgan fingerprint density at radius 1 is 1.33 bits per heavy atom. The van der Waals surface area contributed by atoms with Crippen molar-refractivity contribution in [2.24, 2.45) is 11.8 Å². The Kier molecular flexibility index (Phi) is 2.17. The second-order valence-corrected chi connectivity index (χ2v) is 4.02. The third kappa shape index (κ3) is 1.57. The molecule has 0 spiro atoms. The molecule has 2 unspecified atom stereocenters. The fraction of sp³-hybridized carbons (Fsp3) is 0.778. The standard InChI is InChI=1S/C9H11F2NO3/c1-15-8(14)7(13)12-4-2-5-6(3-4)9(5,10)11/h4-6H,2-3H2,1H3,(H,12,13). The van der Waals surface area contributed by atoms with E-state index < -0.39 is 29.6 Å². The molecule has 0 aliphatic heterocycles. The fourth-order valence-electron chi connectivity index (χ4n) is 2.27. The van der Waals surface area contributed by atoms with E-state index in [4.69, 9.17) is 0 Å². The fourth-order valence-corrected chi connectivity index (χ4v) is 2.27. The summed E-state index contributed by atoms with van der Waals surface area (Å²) in [5.74, 6) is -5.61. The van der Waals surface area contributed by atoms with Gasteiger partial charge in [0.25, 0.3) is 5.92 Å². The van der Waals surface area contributed by atoms with Crippen LogP contribution in [0, 0.1) is 11.8 Å². The van der Waals surface area contributed by atoms with E-state index in [2.05, 4.69) is 10.1 Å². The zero-order valence-electron chi connectivity index (χ0n) is 8.13. The van der Waals surface area contributed by atoms with Gasteiger partial charge in [0.05, 0.1) is 7.11 Å². The van der Waals surface area contributed by atoms with Gasteiger partial charge in [-0.25, -0.2) is 13.6 Å². The summed E-state index contributed by atoms with van der Waals surface area (Å²) >= 11 is 0. The molecular weight excluding hydrogens is 208 g/mol. The molecule has 0 radical (unpaired) electrons. The van der Waals surface area contributed by atoms with E-state index in [1.165, 1.54) is 0 Å². The third-order valence-electron chi connectivity index (χ3n) is 3.15. The number of methoxy groups -OCH3 is 1. The van der Waals surface area contributed by atoms with Crippen LogP contribution < -0.4 is 5.32 Å². The van der Waals surface area contributed by atoms with Gasteiger partial charge >= 0.3 is 11.9 Å². The van der Waals surface area contributed by atoms with Crippen molar-refractivity contribution in [2.45, 2.75) is 24.8 Å². The first-order chi connectivity index (χ1) is 6.96. The topological polar surface area (TPSA) is 55.4 Å². The molecule has 15 heavy (non-hydrogen) atoms. The van der Waals surface area contributed by atoms with Crippen molar-refractivity contribution in [2.75, 3.05) is 7.11 Å². The molecule has 2 aliphatic carbocycles. The van der Waals surface area contributed by atoms with Crippen LogP contribution in [0.5, 0.6) is 0 Å². The predicted octanol–water partition coefficient (Wildman–Crippen LogP) is 0.319. The van der Waals surface area contributed by atoms with Crippen LogP contribution in [0.3, 0.4) is 0 Å². The van der Waals surface area contributed by atoms with Gasteiger partial charge < -0.3 is 10.1 Å². The highest BCUT2D eigenvalue weighted by molar-refractivity contribution is 6.32. The number of hydrogen-bond acceptors (Lipinski definition) is 3. The van der Waals surface area contributed by atoms with Crippen LogP contribution in [-0.2, 0) is 14.3 Å². The second-order valence-electron chi connectivity index (χ2n) is 4.02. The summed E-state index contributed by atoms with van der Waals surface area (Å²) in [4.78, 5) is 21.8. The van der Waals surface area contributed by atoms with Gasteiger partial charge in [0.1, 0.15) is 0 Å². The van der Waals surface area contributed by atoms with E-state index in [-0.39, 0.29) is 18.9 Å². The zero-order valence-corrected chi connectivity index (χ0v) is 8.13. The normalized spacial score (nSPS) is 35.5. The largest absolute Gasteiger partial charge is 0.462 e. The first-order valence-electron chi connectivity index (χ1n) is 4.73. The van der Waals surface area contributed by atoms with Crippen molar-refractivity contribution in [1.29, 1.82) is 0 Å². The third-order valence-corrected chi connectivity index (χ3v) is 3.15. The Labute approximate surface area is 85.0 Å². The number of ether oxygens (including phenoxy) is 1. The molecule has 0 aromatic rings. The number of halogens is 2. The molecule has 2 saturated carbocycles. The van der Waals surface area contributed by atoms with Gasteiger partial charge in [-0.2, -0.15) is 0 Å². The van der Waals surface area contributed by atoms with E-state index >= 15 is 0 Å². The molecule has 4 nitrogen and oxygen atoms in total. The van der Waals surface area contributed by atoms with Gasteiger partial charge in [0, 0.05) is 17.9 Å². The Balaban J connectivity index is 1.81. The Morgan fingerprint density at radius 2 is 1.87 bits per heavy atom. The lowest BCUT2D eigenvalue weighted by Gasteiger charge is -2.14. The lowest BCUT2D eigenvalue weighted by atomic mass is 10.1. The van der Waals surface area contributed by atoms with E-state index in [1.807, 2.05) is 0 Å². The first-order valence-corrected chi connectivity index (χ1v) is 4.73. The molecule has 2 rings (SSSR count). The number of alkyl halides is 2. The van der Waals surface area contributed by atoms with Gasteiger partial charge in [-0.1, -0.05) is 0 Å². The summed E-state index contributed by atoms with van der Waals surface area (Å²) in [7, 11) is 1.10. The number of hydrogen-bond donors (Lipinski definition) is 1. The number of nitrogens with one attached hydrogen (secondary N) is 1. The average molecular weight is 219 g/mol. The van der Waals surface area contributed by atoms with Crippen molar-refractivity contribution < 1.29 is 23.1 Å². The summed E-state index contributed by atoms with van der Waals surface area (Å²) in [6.07, 6.45) is 0.501. The molecule has 6 heteroatoms. The molecule has 1 N–H and O–H groups in total. The smallest absolute Gasteiger partial charge is 0.396 e. The van der Waals surface area contributed by atoms with Crippen LogP contribution >= 0.6 is 0 Å². The number of carbonyl (C=O) groups excluding carboxylic acids is 2. The molecule has 0 saturated heterocycles. The maximum absolute atomic E-state index is 12.8. The molecular formula is C9H11F2NO3. The van der Waals surface area contributed by atoms with Crippen molar-refractivity contribution in [3.63, 3.8) is 0 Å². The summed E-state index contributed by atoms with van der Waals surface area (Å²) in [6, 6.07) is -0.314. The number of fused-ring (bicyclic) bond motifs is 1. The molecule has 0 heterocycles. The average Bonchev–Trinajstić information content (AvgIpc) is 2.59. The highest BCUT2D eigenvalue weighted by Crippen LogP contribution is 2.63. The monoisotopic (exact) mass is 219 g/mol. The first kappa shape index (κ1) is 10.3. The minimum atomic E-state index is -2.55. The summed E-state index contributed by atoms with van der Waals surface area (Å²) in [5, 5.41) is 2.38. The maximum atomic E-state index is 12.8. The van der Waals surface area contributed by atoms with Crippen LogP contribution in [0.2, 0.25) is 0 Å². The summed E-state index contributed by atoms with van der Waals surface area (Å²) in [5.41, 5.74) is 0. The van der Waals surface area contributed by atoms with Crippen LogP contribution in [0.25, 0.3) is 0 Å². The molecule has 84 valence electrons. The number of carbonyl (C=O) groups is 2. The number of esters is 1. The van der Waals surface area contributed by atoms with E-state index in [1.54, 1.807) is 0 Å². The van der Waals surface area contributed by atoms with Crippen molar-refractivity contribution in [1.82, 2.24) is 5.32 Å².